The van der Waals surface area contributed by atoms with Crippen molar-refractivity contribution in [1.29, 1.82) is 0 Å². The number of pyridine rings is 1. The molecule has 0 spiro atoms. The van der Waals surface area contributed by atoms with Crippen LogP contribution in [0.1, 0.15) is 26.0 Å². The maximum absolute atomic E-state index is 5.84. The van der Waals surface area contributed by atoms with Crippen LogP contribution in [0, 0.1) is 6.92 Å². The van der Waals surface area contributed by atoms with Gasteiger partial charge in [-0.15, -0.1) is 0 Å². The van der Waals surface area contributed by atoms with Crippen molar-refractivity contribution in [2.75, 3.05) is 11.1 Å². The summed E-state index contributed by atoms with van der Waals surface area (Å²) in [6.07, 6.45) is 1.09. The second kappa shape index (κ2) is 4.62. The highest BCUT2D eigenvalue weighted by molar-refractivity contribution is 5.93. The minimum Gasteiger partial charge on any atom is -0.399 e. The standard InChI is InChI=1S/C14H19N3/c1-4-9(2)16-14-7-10(3)17-13-6-5-11(15)8-12(13)14/h5-9H,4,15H2,1-3H3,(H,16,17). The Kier molecular flexibility index (Phi) is 3.18. The zero-order valence-corrected chi connectivity index (χ0v) is 10.6. The molecule has 0 bridgehead atoms. The number of hydrogen-bond donors (Lipinski definition) is 2. The first-order valence-electron chi connectivity index (χ1n) is 6.03. The van der Waals surface area contributed by atoms with Crippen LogP contribution in [0.2, 0.25) is 0 Å². The molecule has 0 amide bonds. The van der Waals surface area contributed by atoms with E-state index >= 15 is 0 Å². The van der Waals surface area contributed by atoms with E-state index in [9.17, 15) is 0 Å². The molecule has 2 rings (SSSR count). The minimum atomic E-state index is 0.446. The van der Waals surface area contributed by atoms with Crippen molar-refractivity contribution in [1.82, 2.24) is 4.98 Å². The van der Waals surface area contributed by atoms with Crippen molar-refractivity contribution in [2.45, 2.75) is 33.2 Å². The van der Waals surface area contributed by atoms with Crippen molar-refractivity contribution >= 4 is 22.3 Å². The first-order valence-corrected chi connectivity index (χ1v) is 6.03. The molecule has 0 aliphatic carbocycles. The monoisotopic (exact) mass is 229 g/mol. The van der Waals surface area contributed by atoms with E-state index in [2.05, 4.69) is 30.2 Å². The molecule has 0 radical (unpaired) electrons. The van der Waals surface area contributed by atoms with Gasteiger partial charge in [0, 0.05) is 28.5 Å². The second-order valence-corrected chi connectivity index (χ2v) is 4.54. The molecular formula is C14H19N3. The number of benzene rings is 1. The summed E-state index contributed by atoms with van der Waals surface area (Å²) in [5.74, 6) is 0. The minimum absolute atomic E-state index is 0.446. The molecule has 0 aliphatic rings. The van der Waals surface area contributed by atoms with E-state index in [1.165, 1.54) is 0 Å². The SMILES string of the molecule is CCC(C)Nc1cc(C)nc2ccc(N)cc12. The normalized spacial score (nSPS) is 12.6. The van der Waals surface area contributed by atoms with Gasteiger partial charge < -0.3 is 11.1 Å². The Morgan fingerprint density at radius 1 is 1.35 bits per heavy atom. The molecule has 90 valence electrons. The number of nitrogens with zero attached hydrogens (tertiary/aromatic N) is 1. The molecule has 1 aromatic carbocycles. The average molecular weight is 229 g/mol. The largest absolute Gasteiger partial charge is 0.399 e. The summed E-state index contributed by atoms with van der Waals surface area (Å²) >= 11 is 0. The summed E-state index contributed by atoms with van der Waals surface area (Å²) < 4.78 is 0. The highest BCUT2D eigenvalue weighted by Gasteiger charge is 2.06. The second-order valence-electron chi connectivity index (χ2n) is 4.54. The Balaban J connectivity index is 2.55. The predicted molar refractivity (Wildman–Crippen MR) is 74.3 cm³/mol. The number of nitrogens with two attached hydrogens (primary N) is 1. The molecule has 1 aromatic heterocycles. The van der Waals surface area contributed by atoms with Crippen molar-refractivity contribution in [3.8, 4) is 0 Å². The Morgan fingerprint density at radius 2 is 2.12 bits per heavy atom. The van der Waals surface area contributed by atoms with Gasteiger partial charge in [-0.1, -0.05) is 6.92 Å². The van der Waals surface area contributed by atoms with Crippen molar-refractivity contribution in [3.05, 3.63) is 30.0 Å². The first-order chi connectivity index (χ1) is 8.10. The predicted octanol–water partition coefficient (Wildman–Crippen LogP) is 3.34. The van der Waals surface area contributed by atoms with E-state index in [0.717, 1.165) is 34.4 Å². The molecule has 0 fully saturated rings. The Morgan fingerprint density at radius 3 is 2.82 bits per heavy atom. The lowest BCUT2D eigenvalue weighted by molar-refractivity contribution is 0.765. The van der Waals surface area contributed by atoms with Gasteiger partial charge in [-0.25, -0.2) is 0 Å². The van der Waals surface area contributed by atoms with Crippen LogP contribution in [-0.2, 0) is 0 Å². The van der Waals surface area contributed by atoms with Gasteiger partial charge in [0.2, 0.25) is 0 Å². The smallest absolute Gasteiger partial charge is 0.0727 e. The highest BCUT2D eigenvalue weighted by Crippen LogP contribution is 2.26. The van der Waals surface area contributed by atoms with Crippen molar-refractivity contribution in [3.63, 3.8) is 0 Å². The van der Waals surface area contributed by atoms with Crippen LogP contribution in [0.3, 0.4) is 0 Å². The summed E-state index contributed by atoms with van der Waals surface area (Å²) in [6, 6.07) is 8.36. The molecule has 1 heterocycles. The Labute approximate surface area is 102 Å². The summed E-state index contributed by atoms with van der Waals surface area (Å²) in [5, 5.41) is 4.60. The van der Waals surface area contributed by atoms with Gasteiger partial charge in [-0.3, -0.25) is 4.98 Å². The lowest BCUT2D eigenvalue weighted by atomic mass is 10.1. The molecular weight excluding hydrogens is 210 g/mol. The zero-order valence-electron chi connectivity index (χ0n) is 10.6. The molecule has 3 N–H and O–H groups in total. The third kappa shape index (κ3) is 2.49. The number of nitrogens with one attached hydrogen (secondary N) is 1. The van der Waals surface area contributed by atoms with Crippen LogP contribution in [0.25, 0.3) is 10.9 Å². The summed E-state index contributed by atoms with van der Waals surface area (Å²) in [6.45, 7) is 6.35. The highest BCUT2D eigenvalue weighted by atomic mass is 14.9. The third-order valence-electron chi connectivity index (χ3n) is 2.98. The fraction of sp³-hybridized carbons (Fsp3) is 0.357. The van der Waals surface area contributed by atoms with Gasteiger partial charge in [-0.05, 0) is 44.5 Å². The Hall–Kier alpha value is -1.77. The van der Waals surface area contributed by atoms with E-state index in [1.807, 2.05) is 25.1 Å². The maximum atomic E-state index is 5.84. The molecule has 0 saturated heterocycles. The molecule has 1 atom stereocenters. The van der Waals surface area contributed by atoms with Crippen LogP contribution >= 0.6 is 0 Å². The van der Waals surface area contributed by atoms with Gasteiger partial charge in [-0.2, -0.15) is 0 Å². The lowest BCUT2D eigenvalue weighted by Crippen LogP contribution is -2.14. The van der Waals surface area contributed by atoms with Crippen LogP contribution in [0.15, 0.2) is 24.3 Å². The number of hydrogen-bond acceptors (Lipinski definition) is 3. The average Bonchev–Trinajstić information content (AvgIpc) is 2.29. The van der Waals surface area contributed by atoms with Crippen LogP contribution in [0.4, 0.5) is 11.4 Å². The van der Waals surface area contributed by atoms with Crippen LogP contribution < -0.4 is 11.1 Å². The molecule has 17 heavy (non-hydrogen) atoms. The quantitative estimate of drug-likeness (QED) is 0.794. The maximum Gasteiger partial charge on any atom is 0.0727 e. The zero-order chi connectivity index (χ0) is 12.4. The van der Waals surface area contributed by atoms with E-state index in [4.69, 9.17) is 5.73 Å². The van der Waals surface area contributed by atoms with Crippen LogP contribution in [-0.4, -0.2) is 11.0 Å². The molecule has 3 nitrogen and oxygen atoms in total. The summed E-state index contributed by atoms with van der Waals surface area (Å²) in [5.41, 5.74) is 9.74. The number of anilines is 2. The fourth-order valence-electron chi connectivity index (χ4n) is 1.86. The molecule has 1 unspecified atom stereocenters. The summed E-state index contributed by atoms with van der Waals surface area (Å²) in [4.78, 5) is 4.51. The molecule has 0 aliphatic heterocycles. The van der Waals surface area contributed by atoms with Gasteiger partial charge in [0.15, 0.2) is 0 Å². The van der Waals surface area contributed by atoms with E-state index in [-0.39, 0.29) is 0 Å². The van der Waals surface area contributed by atoms with Gasteiger partial charge in [0.05, 0.1) is 5.52 Å². The van der Waals surface area contributed by atoms with E-state index < -0.39 is 0 Å². The number of aryl methyl sites for hydroxylation is 1. The van der Waals surface area contributed by atoms with Gasteiger partial charge in [0.25, 0.3) is 0 Å². The summed E-state index contributed by atoms with van der Waals surface area (Å²) in [7, 11) is 0. The van der Waals surface area contributed by atoms with E-state index in [0.29, 0.717) is 6.04 Å². The topological polar surface area (TPSA) is 50.9 Å². The third-order valence-corrected chi connectivity index (χ3v) is 2.98. The lowest BCUT2D eigenvalue weighted by Gasteiger charge is -2.16. The molecule has 2 aromatic rings. The number of fused-ring (bicyclic) bond motifs is 1. The molecule has 3 heteroatoms. The number of rotatable bonds is 3. The van der Waals surface area contributed by atoms with Gasteiger partial charge >= 0.3 is 0 Å². The van der Waals surface area contributed by atoms with E-state index in [1.54, 1.807) is 0 Å². The van der Waals surface area contributed by atoms with Crippen molar-refractivity contribution in [2.24, 2.45) is 0 Å². The van der Waals surface area contributed by atoms with Crippen molar-refractivity contribution < 1.29 is 0 Å². The Bertz CT molecular complexity index is 534. The molecule has 0 saturated carbocycles. The van der Waals surface area contributed by atoms with Gasteiger partial charge in [0.1, 0.15) is 0 Å². The van der Waals surface area contributed by atoms with Crippen LogP contribution in [0.5, 0.6) is 0 Å². The first kappa shape index (κ1) is 11.7. The number of aromatic nitrogens is 1. The number of nitrogen functional groups attached to an aromatic ring is 1. The fourth-order valence-corrected chi connectivity index (χ4v) is 1.86.